The Morgan fingerprint density at radius 3 is 1.15 bits per heavy atom. The molecule has 34 heavy (non-hydrogen) atoms. The van der Waals surface area contributed by atoms with E-state index in [-0.39, 0.29) is 12.4 Å². The van der Waals surface area contributed by atoms with Crippen LogP contribution in [0.5, 0.6) is 0 Å². The Hall–Kier alpha value is -0.690. The summed E-state index contributed by atoms with van der Waals surface area (Å²) < 4.78 is 26.3. The van der Waals surface area contributed by atoms with Crippen molar-refractivity contribution in [3.05, 3.63) is 0 Å². The lowest BCUT2D eigenvalue weighted by molar-refractivity contribution is -0.141. The molecule has 0 aliphatic carbocycles. The van der Waals surface area contributed by atoms with Crippen molar-refractivity contribution in [2.45, 2.75) is 116 Å². The van der Waals surface area contributed by atoms with E-state index in [4.69, 9.17) is 18.9 Å². The highest BCUT2D eigenvalue weighted by Gasteiger charge is 1.99. The molecule has 0 N–H and O–H groups in total. The molecular weight excluding hydrogens is 432 g/mol. The van der Waals surface area contributed by atoms with Gasteiger partial charge in [-0.1, -0.05) is 103 Å². The zero-order valence-corrected chi connectivity index (χ0v) is 22.6. The van der Waals surface area contributed by atoms with E-state index in [9.17, 15) is 4.79 Å². The lowest BCUT2D eigenvalue weighted by atomic mass is 10.0. The summed E-state index contributed by atoms with van der Waals surface area (Å²) in [7, 11) is 1.37. The molecule has 0 rings (SSSR count). The van der Waals surface area contributed by atoms with Crippen molar-refractivity contribution in [3.8, 4) is 0 Å². The standard InChI is InChI=1S/C28H56O6/c1-3-4-5-6-7-8-9-10-11-12-13-14-15-16-17-18-20-31-22-24-33-26-27-34-25-23-32-21-19-28(29)30-2/h3-27H2,1-2H3. The number of esters is 1. The van der Waals surface area contributed by atoms with Crippen molar-refractivity contribution in [1.29, 1.82) is 0 Å². The van der Waals surface area contributed by atoms with Crippen LogP contribution in [-0.4, -0.2) is 65.9 Å². The molecule has 0 bridgehead atoms. The molecule has 6 nitrogen and oxygen atoms in total. The fourth-order valence-corrected chi connectivity index (χ4v) is 3.77. The third-order valence-electron chi connectivity index (χ3n) is 5.94. The third kappa shape index (κ3) is 29.3. The number of hydrogen-bond acceptors (Lipinski definition) is 6. The van der Waals surface area contributed by atoms with Crippen LogP contribution in [0.4, 0.5) is 0 Å². The molecule has 0 aliphatic heterocycles. The summed E-state index contributed by atoms with van der Waals surface area (Å²) >= 11 is 0. The molecule has 0 fully saturated rings. The van der Waals surface area contributed by atoms with Gasteiger partial charge in [-0.3, -0.25) is 4.79 Å². The largest absolute Gasteiger partial charge is 0.469 e. The van der Waals surface area contributed by atoms with Gasteiger partial charge < -0.3 is 23.7 Å². The predicted octanol–water partition coefficient (Wildman–Crippen LogP) is 6.88. The average molecular weight is 489 g/mol. The van der Waals surface area contributed by atoms with Crippen LogP contribution in [0.25, 0.3) is 0 Å². The van der Waals surface area contributed by atoms with Crippen LogP contribution >= 0.6 is 0 Å². The molecule has 0 atom stereocenters. The first-order chi connectivity index (χ1) is 16.8. The van der Waals surface area contributed by atoms with Crippen LogP contribution in [0.1, 0.15) is 116 Å². The summed E-state index contributed by atoms with van der Waals surface area (Å²) in [5.74, 6) is -0.258. The number of unbranched alkanes of at least 4 members (excludes halogenated alkanes) is 15. The van der Waals surface area contributed by atoms with E-state index >= 15 is 0 Å². The molecule has 0 aliphatic rings. The Morgan fingerprint density at radius 2 is 0.765 bits per heavy atom. The number of hydrogen-bond donors (Lipinski definition) is 0. The second kappa shape index (κ2) is 30.3. The van der Waals surface area contributed by atoms with Crippen LogP contribution in [0.3, 0.4) is 0 Å². The second-order valence-corrected chi connectivity index (χ2v) is 9.08. The number of methoxy groups -OCH3 is 1. The van der Waals surface area contributed by atoms with E-state index in [0.717, 1.165) is 13.0 Å². The summed E-state index contributed by atoms with van der Waals surface area (Å²) in [6.07, 6.45) is 22.5. The fraction of sp³-hybridized carbons (Fsp3) is 0.964. The minimum Gasteiger partial charge on any atom is -0.469 e. The second-order valence-electron chi connectivity index (χ2n) is 9.08. The molecule has 0 heterocycles. The van der Waals surface area contributed by atoms with Crippen molar-refractivity contribution < 1.29 is 28.5 Å². The highest BCUT2D eigenvalue weighted by Crippen LogP contribution is 2.13. The summed E-state index contributed by atoms with van der Waals surface area (Å²) in [5, 5.41) is 0. The Balaban J connectivity index is 3.02. The van der Waals surface area contributed by atoms with Gasteiger partial charge in [0.1, 0.15) is 0 Å². The number of carbonyl (C=O) groups is 1. The monoisotopic (exact) mass is 488 g/mol. The molecule has 0 saturated carbocycles. The lowest BCUT2D eigenvalue weighted by Gasteiger charge is -2.07. The quantitative estimate of drug-likeness (QED) is 0.0845. The fourth-order valence-electron chi connectivity index (χ4n) is 3.77. The van der Waals surface area contributed by atoms with Crippen molar-refractivity contribution in [2.75, 3.05) is 60.0 Å². The Labute approximate surface area is 210 Å². The van der Waals surface area contributed by atoms with E-state index in [0.29, 0.717) is 46.2 Å². The highest BCUT2D eigenvalue weighted by molar-refractivity contribution is 5.69. The first-order valence-electron chi connectivity index (χ1n) is 14.2. The van der Waals surface area contributed by atoms with E-state index in [1.807, 2.05) is 0 Å². The van der Waals surface area contributed by atoms with Gasteiger partial charge in [0.25, 0.3) is 0 Å². The SMILES string of the molecule is CCCCCCCCCCCCCCCCCCOCCOCCOCCOCCC(=O)OC. The van der Waals surface area contributed by atoms with Gasteiger partial charge in [0.05, 0.1) is 59.8 Å². The van der Waals surface area contributed by atoms with Gasteiger partial charge in [0.2, 0.25) is 0 Å². The van der Waals surface area contributed by atoms with Crippen molar-refractivity contribution in [1.82, 2.24) is 0 Å². The predicted molar refractivity (Wildman–Crippen MR) is 139 cm³/mol. The van der Waals surface area contributed by atoms with E-state index in [2.05, 4.69) is 11.7 Å². The summed E-state index contributed by atoms with van der Waals surface area (Å²) in [6.45, 7) is 6.81. The summed E-state index contributed by atoms with van der Waals surface area (Å²) in [6, 6.07) is 0. The van der Waals surface area contributed by atoms with Crippen molar-refractivity contribution >= 4 is 5.97 Å². The number of ether oxygens (including phenoxy) is 5. The molecule has 0 aromatic carbocycles. The lowest BCUT2D eigenvalue weighted by Crippen LogP contribution is -2.13. The first-order valence-corrected chi connectivity index (χ1v) is 14.2. The van der Waals surface area contributed by atoms with Gasteiger partial charge in [-0.05, 0) is 6.42 Å². The van der Waals surface area contributed by atoms with Crippen molar-refractivity contribution in [3.63, 3.8) is 0 Å². The molecule has 0 radical (unpaired) electrons. The maximum absolute atomic E-state index is 10.9. The van der Waals surface area contributed by atoms with Gasteiger partial charge in [-0.2, -0.15) is 0 Å². The van der Waals surface area contributed by atoms with Crippen LogP contribution in [-0.2, 0) is 28.5 Å². The molecule has 0 aromatic heterocycles. The topological polar surface area (TPSA) is 63.2 Å². The summed E-state index contributed by atoms with van der Waals surface area (Å²) in [4.78, 5) is 10.9. The highest BCUT2D eigenvalue weighted by atomic mass is 16.6. The summed E-state index contributed by atoms with van der Waals surface area (Å²) in [5.41, 5.74) is 0. The smallest absolute Gasteiger partial charge is 0.307 e. The zero-order valence-electron chi connectivity index (χ0n) is 22.6. The van der Waals surface area contributed by atoms with Crippen LogP contribution < -0.4 is 0 Å². The Kier molecular flexibility index (Phi) is 29.7. The van der Waals surface area contributed by atoms with Crippen LogP contribution in [0.2, 0.25) is 0 Å². The first kappa shape index (κ1) is 33.3. The molecule has 0 amide bonds. The molecule has 204 valence electrons. The minimum atomic E-state index is -0.258. The minimum absolute atomic E-state index is 0.258. The van der Waals surface area contributed by atoms with Gasteiger partial charge in [-0.15, -0.1) is 0 Å². The maximum atomic E-state index is 10.9. The van der Waals surface area contributed by atoms with E-state index in [1.54, 1.807) is 0 Å². The van der Waals surface area contributed by atoms with E-state index < -0.39 is 0 Å². The van der Waals surface area contributed by atoms with Gasteiger partial charge in [-0.25, -0.2) is 0 Å². The van der Waals surface area contributed by atoms with Crippen LogP contribution in [0.15, 0.2) is 0 Å². The average Bonchev–Trinajstić information content (AvgIpc) is 2.85. The van der Waals surface area contributed by atoms with Gasteiger partial charge in [0, 0.05) is 6.61 Å². The molecule has 0 spiro atoms. The molecule has 0 unspecified atom stereocenters. The zero-order chi connectivity index (χ0) is 24.8. The number of rotatable bonds is 29. The van der Waals surface area contributed by atoms with Crippen LogP contribution in [0, 0.1) is 0 Å². The normalized spacial score (nSPS) is 11.2. The van der Waals surface area contributed by atoms with Crippen molar-refractivity contribution in [2.24, 2.45) is 0 Å². The molecule has 0 saturated heterocycles. The Bertz CT molecular complexity index is 391. The Morgan fingerprint density at radius 1 is 0.441 bits per heavy atom. The van der Waals surface area contributed by atoms with Gasteiger partial charge in [0.15, 0.2) is 0 Å². The molecule has 0 aromatic rings. The maximum Gasteiger partial charge on any atom is 0.307 e. The molecular formula is C28H56O6. The molecule has 6 heteroatoms. The van der Waals surface area contributed by atoms with Gasteiger partial charge >= 0.3 is 5.97 Å². The van der Waals surface area contributed by atoms with E-state index in [1.165, 1.54) is 103 Å². The third-order valence-corrected chi connectivity index (χ3v) is 5.94. The number of carbonyl (C=O) groups excluding carboxylic acids is 1.